The van der Waals surface area contributed by atoms with Crippen molar-refractivity contribution in [2.75, 3.05) is 44.6 Å². The van der Waals surface area contributed by atoms with E-state index in [1.807, 2.05) is 6.92 Å². The Kier molecular flexibility index (Phi) is 7.89. The van der Waals surface area contributed by atoms with E-state index in [-0.39, 0.29) is 6.10 Å². The van der Waals surface area contributed by atoms with E-state index in [1.54, 1.807) is 0 Å². The smallest absolute Gasteiger partial charge is 0.101 e. The summed E-state index contributed by atoms with van der Waals surface area (Å²) >= 11 is 0. The van der Waals surface area contributed by atoms with Gasteiger partial charge in [0.25, 0.3) is 0 Å². The van der Waals surface area contributed by atoms with Crippen LogP contribution >= 0.6 is 0 Å². The second kappa shape index (κ2) is 10.1. The molecule has 1 unspecified atom stereocenters. The van der Waals surface area contributed by atoms with Gasteiger partial charge in [0.05, 0.1) is 0 Å². The Bertz CT molecular complexity index is 834. The molecule has 0 bridgehead atoms. The second-order valence-corrected chi connectivity index (χ2v) is 7.49. The molecule has 0 heterocycles. The molecule has 0 saturated carbocycles. The number of nitrogens with zero attached hydrogens (tertiary/aromatic N) is 2. The number of rotatable bonds is 8. The first-order chi connectivity index (χ1) is 13.3. The van der Waals surface area contributed by atoms with E-state index in [0.717, 1.165) is 0 Å². The van der Waals surface area contributed by atoms with Crippen LogP contribution in [0.25, 0.3) is 6.08 Å². The lowest BCUT2D eigenvalue weighted by Gasteiger charge is -2.19. The molecule has 0 N–H and O–H groups in total. The largest absolute Gasteiger partial charge is 0.378 e. The van der Waals surface area contributed by atoms with Gasteiger partial charge in [-0.25, -0.2) is 0 Å². The van der Waals surface area contributed by atoms with Gasteiger partial charge < -0.3 is 14.5 Å². The first-order valence-corrected chi connectivity index (χ1v) is 9.85. The predicted molar refractivity (Wildman–Crippen MR) is 124 cm³/mol. The summed E-state index contributed by atoms with van der Waals surface area (Å²) in [6, 6.07) is 13.0. The van der Waals surface area contributed by atoms with Crippen molar-refractivity contribution in [3.8, 4) is 0 Å². The quantitative estimate of drug-likeness (QED) is 0.541. The molecule has 2 aromatic carbocycles. The predicted octanol–water partition coefficient (Wildman–Crippen LogP) is 5.78. The van der Waals surface area contributed by atoms with Crippen molar-refractivity contribution < 1.29 is 4.74 Å². The second-order valence-electron chi connectivity index (χ2n) is 7.49. The lowest BCUT2D eigenvalue weighted by Crippen LogP contribution is -2.10. The summed E-state index contributed by atoms with van der Waals surface area (Å²) in [4.78, 5) is 4.24. The Hall–Kier alpha value is -2.52. The van der Waals surface area contributed by atoms with Crippen molar-refractivity contribution in [2.24, 2.45) is 0 Å². The van der Waals surface area contributed by atoms with Gasteiger partial charge >= 0.3 is 0 Å². The third-order valence-electron chi connectivity index (χ3n) is 4.87. The van der Waals surface area contributed by atoms with Gasteiger partial charge in [-0.1, -0.05) is 36.4 Å². The molecule has 0 saturated heterocycles. The molecule has 150 valence electrons. The highest BCUT2D eigenvalue weighted by molar-refractivity contribution is 5.60. The molecule has 2 rings (SSSR count). The van der Waals surface area contributed by atoms with E-state index in [0.29, 0.717) is 6.61 Å². The highest BCUT2D eigenvalue weighted by Gasteiger charge is 2.11. The third kappa shape index (κ3) is 5.74. The average Bonchev–Trinajstić information content (AvgIpc) is 2.65. The summed E-state index contributed by atoms with van der Waals surface area (Å²) in [5, 5.41) is 0. The number of hydrogen-bond acceptors (Lipinski definition) is 3. The van der Waals surface area contributed by atoms with Crippen LogP contribution in [0.1, 0.15) is 35.3 Å². The maximum absolute atomic E-state index is 5.99. The lowest BCUT2D eigenvalue weighted by molar-refractivity contribution is 0.0964. The fourth-order valence-corrected chi connectivity index (χ4v) is 3.14. The van der Waals surface area contributed by atoms with E-state index in [2.05, 4.69) is 113 Å². The number of aryl methyl sites for hydroxylation is 2. The summed E-state index contributed by atoms with van der Waals surface area (Å²) in [6.45, 7) is 7.01. The molecule has 3 heteroatoms. The summed E-state index contributed by atoms with van der Waals surface area (Å²) in [5.74, 6) is 0. The minimum Gasteiger partial charge on any atom is -0.378 e. The van der Waals surface area contributed by atoms with Gasteiger partial charge in [0, 0.05) is 46.2 Å². The van der Waals surface area contributed by atoms with Gasteiger partial charge in [0.1, 0.15) is 6.10 Å². The van der Waals surface area contributed by atoms with Gasteiger partial charge in [0.15, 0.2) is 0 Å². The molecule has 0 radical (unpaired) electrons. The van der Waals surface area contributed by atoms with Crippen molar-refractivity contribution in [3.63, 3.8) is 0 Å². The minimum atomic E-state index is -0.0388. The summed E-state index contributed by atoms with van der Waals surface area (Å²) in [7, 11) is 8.25. The van der Waals surface area contributed by atoms with Crippen LogP contribution in [0, 0.1) is 13.8 Å². The molecule has 0 fully saturated rings. The van der Waals surface area contributed by atoms with Crippen LogP contribution in [0.3, 0.4) is 0 Å². The van der Waals surface area contributed by atoms with Crippen LogP contribution in [0.15, 0.2) is 54.6 Å². The fraction of sp³-hybridized carbons (Fsp3) is 0.360. The highest BCUT2D eigenvalue weighted by Crippen LogP contribution is 2.26. The lowest BCUT2D eigenvalue weighted by atomic mass is 10.0. The van der Waals surface area contributed by atoms with Crippen molar-refractivity contribution in [1.29, 1.82) is 0 Å². The Morgan fingerprint density at radius 1 is 0.857 bits per heavy atom. The normalized spacial score (nSPS) is 12.7. The first-order valence-electron chi connectivity index (χ1n) is 9.85. The number of ether oxygens (including phenoxy) is 1. The molecule has 28 heavy (non-hydrogen) atoms. The fourth-order valence-electron chi connectivity index (χ4n) is 3.14. The number of hydrogen-bond donors (Lipinski definition) is 0. The van der Waals surface area contributed by atoms with Crippen LogP contribution in [-0.2, 0) is 4.74 Å². The highest BCUT2D eigenvalue weighted by atomic mass is 16.5. The van der Waals surface area contributed by atoms with E-state index < -0.39 is 0 Å². The molecule has 0 aliphatic heterocycles. The van der Waals surface area contributed by atoms with Gasteiger partial charge in [-0.2, -0.15) is 0 Å². The molecule has 0 aromatic heterocycles. The molecule has 0 amide bonds. The van der Waals surface area contributed by atoms with Crippen LogP contribution in [-0.4, -0.2) is 34.8 Å². The summed E-state index contributed by atoms with van der Waals surface area (Å²) < 4.78 is 5.99. The van der Waals surface area contributed by atoms with Crippen molar-refractivity contribution in [1.82, 2.24) is 0 Å². The molecule has 0 spiro atoms. The molecule has 2 aromatic rings. The third-order valence-corrected chi connectivity index (χ3v) is 4.87. The summed E-state index contributed by atoms with van der Waals surface area (Å²) in [5.41, 5.74) is 7.38. The molecule has 0 aliphatic rings. The Balaban J connectivity index is 2.16. The Labute approximate surface area is 170 Å². The molecule has 1 atom stereocenters. The van der Waals surface area contributed by atoms with Gasteiger partial charge in [-0.05, 0) is 67.3 Å². The van der Waals surface area contributed by atoms with Crippen LogP contribution in [0.4, 0.5) is 11.4 Å². The Morgan fingerprint density at radius 3 is 2.00 bits per heavy atom. The van der Waals surface area contributed by atoms with Crippen LogP contribution in [0.5, 0.6) is 0 Å². The molecule has 3 nitrogen and oxygen atoms in total. The van der Waals surface area contributed by atoms with Gasteiger partial charge in [0.2, 0.25) is 0 Å². The van der Waals surface area contributed by atoms with Crippen molar-refractivity contribution >= 4 is 17.5 Å². The molecule has 0 aliphatic carbocycles. The maximum Gasteiger partial charge on any atom is 0.101 e. The molecular weight excluding hydrogens is 344 g/mol. The zero-order valence-electron chi connectivity index (χ0n) is 18.4. The standard InChI is InChI=1S/C25H34N2O/c1-8-28-25(24-16-15-23(27(6)7)18-20(24)3)12-10-9-11-21-13-14-22(26(4)5)17-19(21)2/h9-18,25H,8H2,1-7H3/b11-9+,12-10+. The zero-order chi connectivity index (χ0) is 20.7. The zero-order valence-corrected chi connectivity index (χ0v) is 18.4. The molecular formula is C25H34N2O. The number of anilines is 2. The number of benzene rings is 2. The van der Waals surface area contributed by atoms with Crippen LogP contribution < -0.4 is 9.80 Å². The van der Waals surface area contributed by atoms with E-state index in [4.69, 9.17) is 4.74 Å². The van der Waals surface area contributed by atoms with Gasteiger partial charge in [-0.3, -0.25) is 0 Å². The van der Waals surface area contributed by atoms with Gasteiger partial charge in [-0.15, -0.1) is 0 Å². The monoisotopic (exact) mass is 378 g/mol. The average molecular weight is 379 g/mol. The first kappa shape index (κ1) is 21.8. The summed E-state index contributed by atoms with van der Waals surface area (Å²) in [6.07, 6.45) is 8.41. The Morgan fingerprint density at radius 2 is 1.46 bits per heavy atom. The van der Waals surface area contributed by atoms with Crippen molar-refractivity contribution in [2.45, 2.75) is 26.9 Å². The van der Waals surface area contributed by atoms with E-state index in [1.165, 1.54) is 33.6 Å². The van der Waals surface area contributed by atoms with Crippen molar-refractivity contribution in [3.05, 3.63) is 76.9 Å². The van der Waals surface area contributed by atoms with E-state index in [9.17, 15) is 0 Å². The SMILES string of the molecule is CCOC(/C=C/C=C/c1ccc(N(C)C)cc1C)c1ccc(N(C)C)cc1C. The maximum atomic E-state index is 5.99. The minimum absolute atomic E-state index is 0.0388. The van der Waals surface area contributed by atoms with E-state index >= 15 is 0 Å². The topological polar surface area (TPSA) is 15.7 Å². The number of allylic oxidation sites excluding steroid dienone is 2. The van der Waals surface area contributed by atoms with Crippen LogP contribution in [0.2, 0.25) is 0 Å².